The summed E-state index contributed by atoms with van der Waals surface area (Å²) >= 11 is 0. The minimum atomic E-state index is 0.586. The van der Waals surface area contributed by atoms with Crippen LogP contribution in [0.2, 0.25) is 0 Å². The lowest BCUT2D eigenvalue weighted by atomic mass is 9.80. The van der Waals surface area contributed by atoms with Crippen LogP contribution in [0.3, 0.4) is 0 Å². The summed E-state index contributed by atoms with van der Waals surface area (Å²) in [7, 11) is 0. The molecule has 2 heterocycles. The first kappa shape index (κ1) is 10.4. The molecular weight excluding hydrogens is 174 g/mol. The lowest BCUT2D eigenvalue weighted by Gasteiger charge is -2.36. The monoisotopic (exact) mass is 197 g/mol. The van der Waals surface area contributed by atoms with Crippen LogP contribution in [0.5, 0.6) is 0 Å². The van der Waals surface area contributed by atoms with Crippen molar-refractivity contribution in [3.05, 3.63) is 0 Å². The van der Waals surface area contributed by atoms with E-state index in [9.17, 15) is 0 Å². The van der Waals surface area contributed by atoms with E-state index in [1.807, 2.05) is 0 Å². The molecule has 2 rings (SSSR count). The summed E-state index contributed by atoms with van der Waals surface area (Å²) in [6, 6.07) is 0.586. The largest absolute Gasteiger partial charge is 0.329 e. The van der Waals surface area contributed by atoms with Crippen molar-refractivity contribution in [3.63, 3.8) is 0 Å². The normalized spacial score (nSPS) is 39.6. The van der Waals surface area contributed by atoms with Gasteiger partial charge in [-0.1, -0.05) is 0 Å². The summed E-state index contributed by atoms with van der Waals surface area (Å²) in [5.74, 6) is 1.81. The molecule has 0 saturated carbocycles. The van der Waals surface area contributed by atoms with Crippen molar-refractivity contribution < 1.29 is 0 Å². The first-order valence-corrected chi connectivity index (χ1v) is 6.04. The SMILES string of the molecule is NCC1CCC(C2CCCNC2)CN1. The van der Waals surface area contributed by atoms with Gasteiger partial charge in [0.25, 0.3) is 0 Å². The summed E-state index contributed by atoms with van der Waals surface area (Å²) in [6.07, 6.45) is 5.44. The number of nitrogens with one attached hydrogen (secondary N) is 2. The second-order valence-electron chi connectivity index (χ2n) is 4.78. The van der Waals surface area contributed by atoms with Gasteiger partial charge < -0.3 is 16.4 Å². The molecule has 0 aromatic rings. The molecule has 14 heavy (non-hydrogen) atoms. The second-order valence-corrected chi connectivity index (χ2v) is 4.78. The van der Waals surface area contributed by atoms with Gasteiger partial charge in [-0.15, -0.1) is 0 Å². The Balaban J connectivity index is 1.76. The van der Waals surface area contributed by atoms with E-state index in [1.165, 1.54) is 45.3 Å². The highest BCUT2D eigenvalue weighted by Crippen LogP contribution is 2.26. The van der Waals surface area contributed by atoms with Gasteiger partial charge in [0.15, 0.2) is 0 Å². The lowest BCUT2D eigenvalue weighted by Crippen LogP contribution is -2.47. The van der Waals surface area contributed by atoms with Gasteiger partial charge in [0, 0.05) is 12.6 Å². The molecule has 3 nitrogen and oxygen atoms in total. The number of piperidine rings is 2. The van der Waals surface area contributed by atoms with Crippen molar-refractivity contribution in [2.45, 2.75) is 31.7 Å². The minimum absolute atomic E-state index is 0.586. The molecule has 0 radical (unpaired) electrons. The fourth-order valence-corrected chi connectivity index (χ4v) is 2.82. The van der Waals surface area contributed by atoms with Crippen molar-refractivity contribution in [1.82, 2.24) is 10.6 Å². The average molecular weight is 197 g/mol. The summed E-state index contributed by atoms with van der Waals surface area (Å²) in [6.45, 7) is 4.45. The minimum Gasteiger partial charge on any atom is -0.329 e. The van der Waals surface area contributed by atoms with E-state index in [4.69, 9.17) is 5.73 Å². The Morgan fingerprint density at radius 1 is 1.07 bits per heavy atom. The van der Waals surface area contributed by atoms with Crippen LogP contribution in [0.1, 0.15) is 25.7 Å². The highest BCUT2D eigenvalue weighted by Gasteiger charge is 2.27. The van der Waals surface area contributed by atoms with Crippen LogP contribution >= 0.6 is 0 Å². The molecular formula is C11H23N3. The molecule has 0 spiro atoms. The summed E-state index contributed by atoms with van der Waals surface area (Å²) in [5.41, 5.74) is 5.65. The van der Waals surface area contributed by atoms with E-state index >= 15 is 0 Å². The topological polar surface area (TPSA) is 50.1 Å². The van der Waals surface area contributed by atoms with E-state index in [1.54, 1.807) is 0 Å². The Hall–Kier alpha value is -0.120. The smallest absolute Gasteiger partial charge is 0.0190 e. The maximum atomic E-state index is 5.65. The first-order chi connectivity index (χ1) is 6.90. The number of hydrogen-bond acceptors (Lipinski definition) is 3. The van der Waals surface area contributed by atoms with Gasteiger partial charge in [0.05, 0.1) is 0 Å². The van der Waals surface area contributed by atoms with Gasteiger partial charge in [0.2, 0.25) is 0 Å². The third-order valence-corrected chi connectivity index (χ3v) is 3.84. The molecule has 0 bridgehead atoms. The Labute approximate surface area is 86.8 Å². The van der Waals surface area contributed by atoms with Crippen molar-refractivity contribution in [1.29, 1.82) is 0 Å². The molecule has 2 saturated heterocycles. The van der Waals surface area contributed by atoms with Gasteiger partial charge >= 0.3 is 0 Å². The average Bonchev–Trinajstić information content (AvgIpc) is 2.30. The molecule has 3 heteroatoms. The zero-order valence-electron chi connectivity index (χ0n) is 8.97. The summed E-state index contributed by atoms with van der Waals surface area (Å²) in [4.78, 5) is 0. The Morgan fingerprint density at radius 2 is 1.93 bits per heavy atom. The van der Waals surface area contributed by atoms with Crippen molar-refractivity contribution in [2.24, 2.45) is 17.6 Å². The van der Waals surface area contributed by atoms with Gasteiger partial charge in [0.1, 0.15) is 0 Å². The fourth-order valence-electron chi connectivity index (χ4n) is 2.82. The molecule has 2 aliphatic heterocycles. The van der Waals surface area contributed by atoms with E-state index in [0.717, 1.165) is 18.4 Å². The molecule has 4 N–H and O–H groups in total. The quantitative estimate of drug-likeness (QED) is 0.597. The van der Waals surface area contributed by atoms with E-state index in [-0.39, 0.29) is 0 Å². The highest BCUT2D eigenvalue weighted by atomic mass is 15.0. The van der Waals surface area contributed by atoms with Crippen LogP contribution in [0, 0.1) is 11.8 Å². The first-order valence-electron chi connectivity index (χ1n) is 6.04. The standard InChI is InChI=1S/C11H23N3/c12-6-11-4-3-10(8-14-11)9-2-1-5-13-7-9/h9-11,13-14H,1-8,12H2. The number of nitrogens with two attached hydrogens (primary N) is 1. The van der Waals surface area contributed by atoms with E-state index in [2.05, 4.69) is 10.6 Å². The molecule has 0 aliphatic carbocycles. The third-order valence-electron chi connectivity index (χ3n) is 3.84. The summed E-state index contributed by atoms with van der Waals surface area (Å²) < 4.78 is 0. The number of rotatable bonds is 2. The van der Waals surface area contributed by atoms with Crippen LogP contribution in [-0.4, -0.2) is 32.2 Å². The Bertz CT molecular complexity index is 158. The highest BCUT2D eigenvalue weighted by molar-refractivity contribution is 4.84. The maximum Gasteiger partial charge on any atom is 0.0190 e. The molecule has 2 aliphatic rings. The van der Waals surface area contributed by atoms with E-state index < -0.39 is 0 Å². The zero-order valence-corrected chi connectivity index (χ0v) is 8.97. The summed E-state index contributed by atoms with van der Waals surface area (Å²) in [5, 5.41) is 7.07. The van der Waals surface area contributed by atoms with Gasteiger partial charge in [-0.2, -0.15) is 0 Å². The predicted octanol–water partition coefficient (Wildman–Crippen LogP) is 0.313. The van der Waals surface area contributed by atoms with Crippen LogP contribution in [0.25, 0.3) is 0 Å². The van der Waals surface area contributed by atoms with Crippen LogP contribution in [0.4, 0.5) is 0 Å². The molecule has 0 aromatic heterocycles. The van der Waals surface area contributed by atoms with Crippen LogP contribution in [0.15, 0.2) is 0 Å². The van der Waals surface area contributed by atoms with Gasteiger partial charge in [-0.05, 0) is 57.2 Å². The van der Waals surface area contributed by atoms with E-state index in [0.29, 0.717) is 6.04 Å². The maximum absolute atomic E-state index is 5.65. The van der Waals surface area contributed by atoms with Crippen molar-refractivity contribution >= 4 is 0 Å². The van der Waals surface area contributed by atoms with Crippen LogP contribution < -0.4 is 16.4 Å². The molecule has 3 atom stereocenters. The molecule has 3 unspecified atom stereocenters. The Morgan fingerprint density at radius 3 is 2.50 bits per heavy atom. The van der Waals surface area contributed by atoms with Gasteiger partial charge in [-0.25, -0.2) is 0 Å². The third kappa shape index (κ3) is 2.47. The molecule has 82 valence electrons. The number of hydrogen-bond donors (Lipinski definition) is 3. The Kier molecular flexibility index (Phi) is 3.79. The zero-order chi connectivity index (χ0) is 9.80. The molecule has 0 amide bonds. The van der Waals surface area contributed by atoms with Crippen LogP contribution in [-0.2, 0) is 0 Å². The second kappa shape index (κ2) is 5.10. The lowest BCUT2D eigenvalue weighted by molar-refractivity contribution is 0.199. The fraction of sp³-hybridized carbons (Fsp3) is 1.00. The van der Waals surface area contributed by atoms with Crippen molar-refractivity contribution in [3.8, 4) is 0 Å². The molecule has 2 fully saturated rings. The predicted molar refractivity (Wildman–Crippen MR) is 59.2 cm³/mol. The van der Waals surface area contributed by atoms with Gasteiger partial charge in [-0.3, -0.25) is 0 Å². The molecule has 0 aromatic carbocycles. The van der Waals surface area contributed by atoms with Crippen molar-refractivity contribution in [2.75, 3.05) is 26.2 Å².